The molecule has 0 saturated heterocycles. The van der Waals surface area contributed by atoms with Crippen LogP contribution in [0, 0.1) is 11.3 Å². The van der Waals surface area contributed by atoms with Crippen molar-refractivity contribution >= 4 is 57.4 Å². The van der Waals surface area contributed by atoms with Gasteiger partial charge in [-0.3, -0.25) is 4.79 Å². The molecule has 0 aliphatic carbocycles. The van der Waals surface area contributed by atoms with Crippen LogP contribution in [0.4, 0.5) is 5.69 Å². The van der Waals surface area contributed by atoms with E-state index in [1.54, 1.807) is 17.0 Å². The molecule has 0 N–H and O–H groups in total. The van der Waals surface area contributed by atoms with Crippen molar-refractivity contribution in [2.24, 2.45) is 0 Å². The second-order valence-corrected chi connectivity index (χ2v) is 13.5. The van der Waals surface area contributed by atoms with E-state index in [1.165, 1.54) is 0 Å². The Morgan fingerprint density at radius 3 is 1.71 bits per heavy atom. The standard InChI is InChI=1S/C36H26ClN2OP/c37-29-21-22-34-33(23-29)35(36(40)39(34)25-27-13-5-1-6-14-27)28(24-38)26-41(30-15-7-2-8-16-30,31-17-9-3-10-18-31)32-19-11-4-12-20-32/h1-23,26H,25H2/b35-28+. The molecule has 6 rings (SSSR count). The van der Waals surface area contributed by atoms with Crippen molar-refractivity contribution < 1.29 is 4.79 Å². The molecule has 0 fully saturated rings. The zero-order valence-electron chi connectivity index (χ0n) is 22.2. The Morgan fingerprint density at radius 1 is 0.732 bits per heavy atom. The summed E-state index contributed by atoms with van der Waals surface area (Å²) in [4.78, 5) is 16.0. The van der Waals surface area contributed by atoms with Crippen LogP contribution in [0.1, 0.15) is 11.1 Å². The third-order valence-corrected chi connectivity index (χ3v) is 11.6. The molecule has 5 aromatic rings. The Hall–Kier alpha value is -4.61. The summed E-state index contributed by atoms with van der Waals surface area (Å²) in [5.74, 6) is 1.86. The van der Waals surface area contributed by atoms with Gasteiger partial charge in [-0.25, -0.2) is 0 Å². The molecule has 0 unspecified atom stereocenters. The first-order valence-corrected chi connectivity index (χ1v) is 15.6. The van der Waals surface area contributed by atoms with E-state index in [0.717, 1.165) is 27.2 Å². The largest absolute Gasteiger partial charge is 0.303 e. The molecule has 41 heavy (non-hydrogen) atoms. The van der Waals surface area contributed by atoms with E-state index in [2.05, 4.69) is 48.3 Å². The van der Waals surface area contributed by atoms with Crippen LogP contribution in [0.5, 0.6) is 0 Å². The predicted octanol–water partition coefficient (Wildman–Crippen LogP) is 6.96. The fourth-order valence-corrected chi connectivity index (χ4v) is 9.50. The number of hydrogen-bond acceptors (Lipinski definition) is 2. The first-order chi connectivity index (χ1) is 20.1. The van der Waals surface area contributed by atoms with Crippen molar-refractivity contribution in [3.05, 3.63) is 161 Å². The summed E-state index contributed by atoms with van der Waals surface area (Å²) < 4.78 is 0. The normalized spacial score (nSPS) is 13.9. The van der Waals surface area contributed by atoms with E-state index in [4.69, 9.17) is 11.6 Å². The average Bonchev–Trinajstić information content (AvgIpc) is 3.29. The summed E-state index contributed by atoms with van der Waals surface area (Å²) in [5, 5.41) is 14.6. The molecular weight excluding hydrogens is 543 g/mol. The molecule has 1 aliphatic heterocycles. The number of allylic oxidation sites excluding steroid dienone is 1. The average molecular weight is 569 g/mol. The zero-order valence-corrected chi connectivity index (χ0v) is 23.8. The van der Waals surface area contributed by atoms with Gasteiger partial charge in [-0.05, 0) is 52.4 Å². The Kier molecular flexibility index (Phi) is 7.45. The maximum absolute atomic E-state index is 14.2. The van der Waals surface area contributed by atoms with Crippen LogP contribution in [0.25, 0.3) is 5.57 Å². The minimum absolute atomic E-state index is 0.203. The lowest BCUT2D eigenvalue weighted by Crippen LogP contribution is -2.28. The van der Waals surface area contributed by atoms with Crippen LogP contribution in [-0.4, -0.2) is 11.7 Å². The van der Waals surface area contributed by atoms with Gasteiger partial charge >= 0.3 is 0 Å². The van der Waals surface area contributed by atoms with Gasteiger partial charge in [-0.2, -0.15) is 5.26 Å². The van der Waals surface area contributed by atoms with Gasteiger partial charge in [-0.15, -0.1) is 0 Å². The van der Waals surface area contributed by atoms with E-state index in [1.807, 2.05) is 91.0 Å². The molecule has 0 atom stereocenters. The lowest BCUT2D eigenvalue weighted by Gasteiger charge is -2.29. The monoisotopic (exact) mass is 568 g/mol. The molecule has 3 nitrogen and oxygen atoms in total. The van der Waals surface area contributed by atoms with Crippen molar-refractivity contribution in [3.8, 4) is 6.07 Å². The number of nitrogens with zero attached hydrogens (tertiary/aromatic N) is 2. The van der Waals surface area contributed by atoms with Crippen LogP contribution >= 0.6 is 18.5 Å². The number of hydrogen-bond donors (Lipinski definition) is 0. The molecule has 198 valence electrons. The van der Waals surface area contributed by atoms with Gasteiger partial charge in [-0.1, -0.05) is 133 Å². The highest BCUT2D eigenvalue weighted by Gasteiger charge is 2.36. The molecular formula is C36H26ClN2OP. The fourth-order valence-electron chi connectivity index (χ4n) is 5.49. The van der Waals surface area contributed by atoms with Crippen LogP contribution in [0.2, 0.25) is 5.02 Å². The van der Waals surface area contributed by atoms with Gasteiger partial charge in [0.05, 0.1) is 23.4 Å². The first-order valence-electron chi connectivity index (χ1n) is 13.3. The summed E-state index contributed by atoms with van der Waals surface area (Å²) in [5.41, 5.74) is 3.17. The van der Waals surface area contributed by atoms with Crippen molar-refractivity contribution in [2.75, 3.05) is 4.90 Å². The number of rotatable bonds is 6. The van der Waals surface area contributed by atoms with Crippen molar-refractivity contribution in [1.29, 1.82) is 5.26 Å². The van der Waals surface area contributed by atoms with Crippen LogP contribution < -0.4 is 20.8 Å². The van der Waals surface area contributed by atoms with Crippen molar-refractivity contribution in [3.63, 3.8) is 0 Å². The van der Waals surface area contributed by atoms with E-state index < -0.39 is 6.89 Å². The van der Waals surface area contributed by atoms with Crippen molar-refractivity contribution in [1.82, 2.24) is 0 Å². The highest BCUT2D eigenvalue weighted by atomic mass is 35.5. The number of benzene rings is 5. The van der Waals surface area contributed by atoms with E-state index in [-0.39, 0.29) is 5.91 Å². The van der Waals surface area contributed by atoms with Gasteiger partial charge in [0.1, 0.15) is 6.07 Å². The number of carbonyl (C=O) groups is 1. The number of nitriles is 1. The summed E-state index contributed by atoms with van der Waals surface area (Å²) >= 11 is 6.47. The van der Waals surface area contributed by atoms with Crippen molar-refractivity contribution in [2.45, 2.75) is 6.54 Å². The van der Waals surface area contributed by atoms with Gasteiger partial charge in [0, 0.05) is 10.6 Å². The van der Waals surface area contributed by atoms with Crippen LogP contribution in [0.15, 0.2) is 145 Å². The first kappa shape index (κ1) is 26.6. The summed E-state index contributed by atoms with van der Waals surface area (Å²) in [6, 6.07) is 48.7. The molecule has 5 aromatic carbocycles. The van der Waals surface area contributed by atoms with Gasteiger partial charge in [0.15, 0.2) is 0 Å². The maximum atomic E-state index is 14.2. The SMILES string of the molecule is N#C/C(C=P(c1ccccc1)(c1ccccc1)c1ccccc1)=C1\C(=O)N(Cc2ccccc2)c2ccc(Cl)cc21. The smallest absolute Gasteiger partial charge is 0.260 e. The second-order valence-electron chi connectivity index (χ2n) is 9.80. The Balaban J connectivity index is 1.68. The number of anilines is 1. The summed E-state index contributed by atoms with van der Waals surface area (Å²) in [6.45, 7) is -2.13. The second kappa shape index (κ2) is 11.5. The summed E-state index contributed by atoms with van der Waals surface area (Å²) in [6.07, 6.45) is 0. The van der Waals surface area contributed by atoms with E-state index >= 15 is 0 Å². The number of amides is 1. The Bertz CT molecular complexity index is 1740. The molecule has 0 aromatic heterocycles. The topological polar surface area (TPSA) is 44.1 Å². The molecule has 0 spiro atoms. The third kappa shape index (κ3) is 4.94. The minimum Gasteiger partial charge on any atom is -0.303 e. The van der Waals surface area contributed by atoms with Gasteiger partial charge in [0.2, 0.25) is 0 Å². The molecule has 0 saturated carbocycles. The van der Waals surface area contributed by atoms with E-state index in [0.29, 0.717) is 28.3 Å². The molecule has 1 heterocycles. The Morgan fingerprint density at radius 2 is 1.22 bits per heavy atom. The molecule has 0 bridgehead atoms. The van der Waals surface area contributed by atoms with Crippen LogP contribution in [0.3, 0.4) is 0 Å². The lowest BCUT2D eigenvalue weighted by atomic mass is 10.0. The van der Waals surface area contributed by atoms with Gasteiger partial charge < -0.3 is 4.90 Å². The predicted molar refractivity (Wildman–Crippen MR) is 173 cm³/mol. The van der Waals surface area contributed by atoms with Crippen LogP contribution in [-0.2, 0) is 11.3 Å². The van der Waals surface area contributed by atoms with Gasteiger partial charge in [0.25, 0.3) is 5.91 Å². The quantitative estimate of drug-likeness (QED) is 0.126. The molecule has 0 radical (unpaired) electrons. The van der Waals surface area contributed by atoms with E-state index in [9.17, 15) is 10.1 Å². The molecule has 5 heteroatoms. The summed E-state index contributed by atoms with van der Waals surface area (Å²) in [7, 11) is 0. The fraction of sp³-hybridized carbons (Fsp3) is 0.0278. The lowest BCUT2D eigenvalue weighted by molar-refractivity contribution is -0.113. The third-order valence-electron chi connectivity index (χ3n) is 7.36. The highest BCUT2D eigenvalue weighted by Crippen LogP contribution is 2.47. The Labute approximate surface area is 245 Å². The maximum Gasteiger partial charge on any atom is 0.260 e. The molecule has 1 amide bonds. The zero-order chi connectivity index (χ0) is 28.2. The highest BCUT2D eigenvalue weighted by molar-refractivity contribution is 7.94. The minimum atomic E-state index is -2.52. The molecule has 1 aliphatic rings. The number of halogens is 1. The number of fused-ring (bicyclic) bond motifs is 1. The number of carbonyl (C=O) groups excluding carboxylic acids is 1.